The molecule has 3 nitrogen and oxygen atoms in total. The average Bonchev–Trinajstić information content (AvgIpc) is 2.88. The molecule has 1 aromatic carbocycles. The van der Waals surface area contributed by atoms with Gasteiger partial charge in [0.25, 0.3) is 0 Å². The van der Waals surface area contributed by atoms with Crippen LogP contribution in [0.3, 0.4) is 0 Å². The third kappa shape index (κ3) is 3.85. The Labute approximate surface area is 121 Å². The second kappa shape index (κ2) is 7.72. The third-order valence-electron chi connectivity index (χ3n) is 3.64. The smallest absolute Gasteiger partial charge is 0.0991 e. The van der Waals surface area contributed by atoms with Crippen molar-refractivity contribution in [3.63, 3.8) is 0 Å². The molecule has 0 aliphatic rings. The molecule has 2 aromatic rings. The lowest BCUT2D eigenvalue weighted by Crippen LogP contribution is -2.20. The quantitative estimate of drug-likeness (QED) is 0.743. The number of fused-ring (bicyclic) bond motifs is 1. The molecule has 0 aliphatic heterocycles. The first-order chi connectivity index (χ1) is 9.85. The van der Waals surface area contributed by atoms with Gasteiger partial charge in [0, 0.05) is 30.2 Å². The molecule has 20 heavy (non-hydrogen) atoms. The summed E-state index contributed by atoms with van der Waals surface area (Å²) in [4.78, 5) is 0. The maximum absolute atomic E-state index is 8.90. The van der Waals surface area contributed by atoms with E-state index in [9.17, 15) is 0 Å². The Bertz CT molecular complexity index is 577. The Balaban J connectivity index is 1.80. The number of benzene rings is 1. The van der Waals surface area contributed by atoms with Gasteiger partial charge < -0.3 is 9.88 Å². The van der Waals surface area contributed by atoms with E-state index in [1.807, 2.05) is 18.2 Å². The van der Waals surface area contributed by atoms with Gasteiger partial charge in [0.1, 0.15) is 0 Å². The minimum atomic E-state index is 0.726. The number of nitrogens with one attached hydrogen (secondary N) is 1. The Morgan fingerprint density at radius 2 is 2.05 bits per heavy atom. The zero-order chi connectivity index (χ0) is 14.2. The SMILES string of the molecule is CCCCCCNCCn1ccc2cc(C#N)ccc21. The van der Waals surface area contributed by atoms with Crippen LogP contribution in [0, 0.1) is 11.3 Å². The van der Waals surface area contributed by atoms with Crippen molar-refractivity contribution >= 4 is 10.9 Å². The Morgan fingerprint density at radius 3 is 2.85 bits per heavy atom. The molecule has 106 valence electrons. The highest BCUT2D eigenvalue weighted by Gasteiger charge is 2.01. The van der Waals surface area contributed by atoms with Gasteiger partial charge in [0.2, 0.25) is 0 Å². The molecule has 1 heterocycles. The summed E-state index contributed by atoms with van der Waals surface area (Å²) in [5.41, 5.74) is 1.93. The van der Waals surface area contributed by atoms with Crippen LogP contribution in [-0.2, 0) is 6.54 Å². The van der Waals surface area contributed by atoms with Crippen LogP contribution in [0.25, 0.3) is 10.9 Å². The van der Waals surface area contributed by atoms with E-state index in [4.69, 9.17) is 5.26 Å². The summed E-state index contributed by atoms with van der Waals surface area (Å²) in [5, 5.41) is 13.5. The summed E-state index contributed by atoms with van der Waals surface area (Å²) in [7, 11) is 0. The van der Waals surface area contributed by atoms with Crippen LogP contribution in [0.15, 0.2) is 30.5 Å². The molecule has 0 spiro atoms. The first-order valence-electron chi connectivity index (χ1n) is 7.55. The average molecular weight is 269 g/mol. The largest absolute Gasteiger partial charge is 0.346 e. The van der Waals surface area contributed by atoms with Crippen molar-refractivity contribution in [2.24, 2.45) is 0 Å². The minimum absolute atomic E-state index is 0.726. The first-order valence-corrected chi connectivity index (χ1v) is 7.55. The van der Waals surface area contributed by atoms with E-state index < -0.39 is 0 Å². The Hall–Kier alpha value is -1.79. The van der Waals surface area contributed by atoms with E-state index in [1.165, 1.54) is 31.2 Å². The highest BCUT2D eigenvalue weighted by molar-refractivity contribution is 5.81. The normalized spacial score (nSPS) is 10.8. The second-order valence-electron chi connectivity index (χ2n) is 5.21. The van der Waals surface area contributed by atoms with E-state index in [0.717, 1.165) is 30.6 Å². The van der Waals surface area contributed by atoms with Gasteiger partial charge in [-0.1, -0.05) is 26.2 Å². The number of rotatable bonds is 8. The Morgan fingerprint density at radius 1 is 1.15 bits per heavy atom. The van der Waals surface area contributed by atoms with E-state index in [1.54, 1.807) is 0 Å². The van der Waals surface area contributed by atoms with Gasteiger partial charge in [-0.05, 0) is 37.2 Å². The predicted molar refractivity (Wildman–Crippen MR) is 83.7 cm³/mol. The molecule has 3 heteroatoms. The van der Waals surface area contributed by atoms with Gasteiger partial charge in [-0.2, -0.15) is 5.26 Å². The van der Waals surface area contributed by atoms with Crippen LogP contribution in [0.2, 0.25) is 0 Å². The third-order valence-corrected chi connectivity index (χ3v) is 3.64. The molecule has 0 saturated carbocycles. The molecule has 0 saturated heterocycles. The molecule has 1 N–H and O–H groups in total. The van der Waals surface area contributed by atoms with Crippen molar-refractivity contribution in [3.05, 3.63) is 36.0 Å². The topological polar surface area (TPSA) is 40.8 Å². The molecule has 0 bridgehead atoms. The van der Waals surface area contributed by atoms with Gasteiger partial charge >= 0.3 is 0 Å². The van der Waals surface area contributed by atoms with Crippen molar-refractivity contribution in [1.82, 2.24) is 9.88 Å². The van der Waals surface area contributed by atoms with Crippen molar-refractivity contribution in [3.8, 4) is 6.07 Å². The molecular formula is C17H23N3. The maximum Gasteiger partial charge on any atom is 0.0991 e. The number of aromatic nitrogens is 1. The molecule has 0 aliphatic carbocycles. The van der Waals surface area contributed by atoms with E-state index in [2.05, 4.69) is 35.1 Å². The van der Waals surface area contributed by atoms with Gasteiger partial charge in [0.05, 0.1) is 11.6 Å². The van der Waals surface area contributed by atoms with Crippen LogP contribution in [-0.4, -0.2) is 17.7 Å². The second-order valence-corrected chi connectivity index (χ2v) is 5.21. The van der Waals surface area contributed by atoms with Crippen molar-refractivity contribution in [2.45, 2.75) is 39.2 Å². The minimum Gasteiger partial charge on any atom is -0.346 e. The number of hydrogen-bond donors (Lipinski definition) is 1. The molecule has 0 unspecified atom stereocenters. The lowest BCUT2D eigenvalue weighted by molar-refractivity contribution is 0.567. The Kier molecular flexibility index (Phi) is 5.64. The fraction of sp³-hybridized carbons (Fsp3) is 0.471. The molecule has 0 atom stereocenters. The highest BCUT2D eigenvalue weighted by atomic mass is 15.0. The van der Waals surface area contributed by atoms with E-state index >= 15 is 0 Å². The highest BCUT2D eigenvalue weighted by Crippen LogP contribution is 2.17. The van der Waals surface area contributed by atoms with Crippen LogP contribution in [0.1, 0.15) is 38.2 Å². The van der Waals surface area contributed by atoms with E-state index in [-0.39, 0.29) is 0 Å². The van der Waals surface area contributed by atoms with Gasteiger partial charge in [0.15, 0.2) is 0 Å². The summed E-state index contributed by atoms with van der Waals surface area (Å²) in [6.45, 7) is 5.32. The van der Waals surface area contributed by atoms with Gasteiger partial charge in [-0.25, -0.2) is 0 Å². The molecule has 2 rings (SSSR count). The number of hydrogen-bond acceptors (Lipinski definition) is 2. The molecule has 0 fully saturated rings. The molecule has 1 aromatic heterocycles. The lowest BCUT2D eigenvalue weighted by atomic mass is 10.2. The predicted octanol–water partition coefficient (Wildman–Crippen LogP) is 3.68. The van der Waals surface area contributed by atoms with Gasteiger partial charge in [-0.15, -0.1) is 0 Å². The zero-order valence-electron chi connectivity index (χ0n) is 12.2. The van der Waals surface area contributed by atoms with Crippen LogP contribution >= 0.6 is 0 Å². The standard InChI is InChI=1S/C17H23N3/c1-2-3-4-5-9-19-10-12-20-11-8-16-13-15(14-18)6-7-17(16)20/h6-8,11,13,19H,2-5,9-10,12H2,1H3. The lowest BCUT2D eigenvalue weighted by Gasteiger charge is -2.07. The summed E-state index contributed by atoms with van der Waals surface area (Å²) < 4.78 is 2.25. The fourth-order valence-electron chi connectivity index (χ4n) is 2.47. The molecular weight excluding hydrogens is 246 g/mol. The molecule has 0 amide bonds. The zero-order valence-corrected chi connectivity index (χ0v) is 12.2. The van der Waals surface area contributed by atoms with Crippen molar-refractivity contribution in [2.75, 3.05) is 13.1 Å². The van der Waals surface area contributed by atoms with Crippen molar-refractivity contribution in [1.29, 1.82) is 5.26 Å². The summed E-state index contributed by atoms with van der Waals surface area (Å²) in [6, 6.07) is 10.1. The van der Waals surface area contributed by atoms with Crippen LogP contribution in [0.5, 0.6) is 0 Å². The maximum atomic E-state index is 8.90. The monoisotopic (exact) mass is 269 g/mol. The van der Waals surface area contributed by atoms with Crippen molar-refractivity contribution < 1.29 is 0 Å². The van der Waals surface area contributed by atoms with E-state index in [0.29, 0.717) is 0 Å². The number of nitrogens with zero attached hydrogens (tertiary/aromatic N) is 2. The van der Waals surface area contributed by atoms with Gasteiger partial charge in [-0.3, -0.25) is 0 Å². The van der Waals surface area contributed by atoms with Crippen LogP contribution in [0.4, 0.5) is 0 Å². The number of nitriles is 1. The first kappa shape index (κ1) is 14.6. The fourth-order valence-corrected chi connectivity index (χ4v) is 2.47. The summed E-state index contributed by atoms with van der Waals surface area (Å²) >= 11 is 0. The molecule has 0 radical (unpaired) electrons. The number of unbranched alkanes of at least 4 members (excludes halogenated alkanes) is 3. The van der Waals surface area contributed by atoms with Crippen LogP contribution < -0.4 is 5.32 Å². The summed E-state index contributed by atoms with van der Waals surface area (Å²) in [5.74, 6) is 0. The summed E-state index contributed by atoms with van der Waals surface area (Å²) in [6.07, 6.45) is 7.33.